The van der Waals surface area contributed by atoms with Crippen LogP contribution in [0.5, 0.6) is 0 Å². The maximum absolute atomic E-state index is 13.0. The van der Waals surface area contributed by atoms with E-state index in [1.807, 2.05) is 0 Å². The number of rotatable bonds is 49. The van der Waals surface area contributed by atoms with Crippen LogP contribution < -0.4 is 5.32 Å². The van der Waals surface area contributed by atoms with E-state index in [2.05, 4.69) is 19.2 Å². The number of amides is 1. The Hall–Kier alpha value is -3.68. The highest BCUT2D eigenvalue weighted by Crippen LogP contribution is 2.41. The summed E-state index contributed by atoms with van der Waals surface area (Å²) < 4.78 is 29.3. The van der Waals surface area contributed by atoms with Gasteiger partial charge in [0, 0.05) is 45.6 Å². The Balaban J connectivity index is 5.18. The van der Waals surface area contributed by atoms with Crippen molar-refractivity contribution in [3.05, 3.63) is 0 Å². The number of nitrogens with one attached hydrogen (secondary N) is 1. The Labute approximate surface area is 404 Å². The van der Waals surface area contributed by atoms with Crippen LogP contribution in [0.15, 0.2) is 0 Å². The first-order valence-electron chi connectivity index (χ1n) is 25.1. The van der Waals surface area contributed by atoms with Gasteiger partial charge in [-0.25, -0.2) is 0 Å². The zero-order valence-electron chi connectivity index (χ0n) is 41.3. The van der Waals surface area contributed by atoms with Gasteiger partial charge in [-0.1, -0.05) is 142 Å². The molecule has 0 aromatic heterocycles. The van der Waals surface area contributed by atoms with Gasteiger partial charge in [-0.05, 0) is 12.8 Å². The van der Waals surface area contributed by atoms with Crippen LogP contribution in [0.3, 0.4) is 0 Å². The summed E-state index contributed by atoms with van der Waals surface area (Å²) in [6.45, 7) is -0.154. The van der Waals surface area contributed by atoms with Gasteiger partial charge in [0.25, 0.3) is 0 Å². The molecular weight excluding hydrogens is 908 g/mol. The third-order valence-electron chi connectivity index (χ3n) is 11.1. The Bertz CT molecular complexity index is 1440. The molecule has 0 aliphatic carbocycles. The SMILES string of the molecule is CCCCCCCCCCCCCC(=O)OC[C@H](COP(=O)(O)CCNC(=O)CN(CCN(CCN(CC(=O)O)CC(=O)O)CC(=O)O)CC(=O)O)OC(=O)CCCCCCCCCCCCC. The second kappa shape index (κ2) is 42.2. The van der Waals surface area contributed by atoms with Gasteiger partial charge in [0.2, 0.25) is 5.91 Å². The van der Waals surface area contributed by atoms with Crippen molar-refractivity contribution in [3.63, 3.8) is 0 Å². The average Bonchev–Trinajstić information content (AvgIpc) is 3.25. The van der Waals surface area contributed by atoms with Crippen LogP contribution in [0.2, 0.25) is 0 Å². The molecule has 20 nitrogen and oxygen atoms in total. The zero-order chi connectivity index (χ0) is 50.8. The van der Waals surface area contributed by atoms with Crippen LogP contribution in [0.4, 0.5) is 0 Å². The number of carbonyl (C=O) groups excluding carboxylic acids is 3. The molecule has 0 saturated carbocycles. The number of aliphatic carboxylic acids is 4. The number of esters is 2. The van der Waals surface area contributed by atoms with Crippen molar-refractivity contribution < 1.29 is 77.4 Å². The fourth-order valence-electron chi connectivity index (χ4n) is 7.37. The van der Waals surface area contributed by atoms with E-state index in [9.17, 15) is 53.2 Å². The van der Waals surface area contributed by atoms with E-state index in [0.717, 1.165) is 49.8 Å². The maximum atomic E-state index is 13.0. The second-order valence-corrected chi connectivity index (χ2v) is 19.6. The lowest BCUT2D eigenvalue weighted by molar-refractivity contribution is -0.161. The van der Waals surface area contributed by atoms with Gasteiger partial charge in [-0.3, -0.25) is 52.8 Å². The molecular formula is C47H87N4O16P. The van der Waals surface area contributed by atoms with E-state index in [-0.39, 0.29) is 52.2 Å². The number of hydrogen-bond donors (Lipinski definition) is 6. The number of carboxylic acid groups (broad SMARTS) is 4. The van der Waals surface area contributed by atoms with Crippen LogP contribution in [0.1, 0.15) is 168 Å². The van der Waals surface area contributed by atoms with E-state index in [0.29, 0.717) is 12.8 Å². The zero-order valence-corrected chi connectivity index (χ0v) is 42.2. The monoisotopic (exact) mass is 995 g/mol. The highest BCUT2D eigenvalue weighted by molar-refractivity contribution is 7.52. The van der Waals surface area contributed by atoms with Crippen LogP contribution in [-0.4, -0.2) is 173 Å². The highest BCUT2D eigenvalue weighted by atomic mass is 31.2. The minimum Gasteiger partial charge on any atom is -0.480 e. The van der Waals surface area contributed by atoms with Gasteiger partial charge in [0.1, 0.15) is 6.61 Å². The number of ether oxygens (including phenoxy) is 2. The van der Waals surface area contributed by atoms with Crippen LogP contribution in [-0.2, 0) is 52.1 Å². The molecule has 1 amide bonds. The fourth-order valence-corrected chi connectivity index (χ4v) is 8.30. The second-order valence-electron chi connectivity index (χ2n) is 17.6. The third kappa shape index (κ3) is 42.4. The number of unbranched alkanes of at least 4 members (excludes halogenated alkanes) is 20. The van der Waals surface area contributed by atoms with Crippen molar-refractivity contribution >= 4 is 49.3 Å². The summed E-state index contributed by atoms with van der Waals surface area (Å²) in [7, 11) is -4.41. The van der Waals surface area contributed by atoms with E-state index >= 15 is 0 Å². The minimum absolute atomic E-state index is 0.0763. The number of carbonyl (C=O) groups is 7. The lowest BCUT2D eigenvalue weighted by Gasteiger charge is -2.27. The average molecular weight is 995 g/mol. The van der Waals surface area contributed by atoms with Crippen molar-refractivity contribution in [1.29, 1.82) is 0 Å². The summed E-state index contributed by atoms with van der Waals surface area (Å²) in [6.07, 6.45) is 23.1. The van der Waals surface area contributed by atoms with Crippen LogP contribution in [0.25, 0.3) is 0 Å². The Morgan fingerprint density at radius 2 is 0.838 bits per heavy atom. The fraction of sp³-hybridized carbons (Fsp3) is 0.851. The molecule has 0 fully saturated rings. The summed E-state index contributed by atoms with van der Waals surface area (Å²) in [4.78, 5) is 97.9. The molecule has 0 aromatic rings. The predicted molar refractivity (Wildman–Crippen MR) is 257 cm³/mol. The van der Waals surface area contributed by atoms with E-state index in [4.69, 9.17) is 24.2 Å². The Morgan fingerprint density at radius 3 is 1.25 bits per heavy atom. The molecule has 0 heterocycles. The van der Waals surface area contributed by atoms with E-state index < -0.39 is 101 Å². The molecule has 21 heteroatoms. The Morgan fingerprint density at radius 1 is 0.485 bits per heavy atom. The summed E-state index contributed by atoms with van der Waals surface area (Å²) in [6, 6.07) is 0. The first-order chi connectivity index (χ1) is 32.5. The Kier molecular flexibility index (Phi) is 39.9. The summed E-state index contributed by atoms with van der Waals surface area (Å²) in [5, 5.41) is 39.4. The van der Waals surface area contributed by atoms with Gasteiger partial charge in [-0.15, -0.1) is 0 Å². The molecule has 0 saturated heterocycles. The molecule has 0 aliphatic heterocycles. The van der Waals surface area contributed by atoms with Crippen LogP contribution in [0, 0.1) is 0 Å². The normalized spacial score (nSPS) is 12.8. The molecule has 0 radical (unpaired) electrons. The third-order valence-corrected chi connectivity index (χ3v) is 12.5. The molecule has 0 aromatic carbocycles. The van der Waals surface area contributed by atoms with Crippen LogP contribution >= 0.6 is 7.60 Å². The molecule has 0 aliphatic rings. The number of carboxylic acids is 4. The largest absolute Gasteiger partial charge is 0.480 e. The van der Waals surface area contributed by atoms with E-state index in [1.165, 1.54) is 93.3 Å². The topological polar surface area (TPSA) is 287 Å². The lowest BCUT2D eigenvalue weighted by Crippen LogP contribution is -2.46. The van der Waals surface area contributed by atoms with Gasteiger partial charge < -0.3 is 44.6 Å². The molecule has 6 N–H and O–H groups in total. The molecule has 2 atom stereocenters. The minimum atomic E-state index is -4.41. The smallest absolute Gasteiger partial charge is 0.330 e. The number of hydrogen-bond acceptors (Lipinski definition) is 14. The van der Waals surface area contributed by atoms with Gasteiger partial charge in [-0.2, -0.15) is 0 Å². The van der Waals surface area contributed by atoms with Crippen molar-refractivity contribution in [3.8, 4) is 0 Å². The van der Waals surface area contributed by atoms with Crippen molar-refractivity contribution in [1.82, 2.24) is 20.0 Å². The first-order valence-corrected chi connectivity index (χ1v) is 26.8. The quantitative estimate of drug-likeness (QED) is 0.0218. The van der Waals surface area contributed by atoms with Gasteiger partial charge in [0.05, 0.1) is 45.5 Å². The van der Waals surface area contributed by atoms with Gasteiger partial charge in [0.15, 0.2) is 6.10 Å². The molecule has 0 rings (SSSR count). The molecule has 396 valence electrons. The van der Waals surface area contributed by atoms with Crippen molar-refractivity contribution in [2.75, 3.05) is 84.8 Å². The first kappa shape index (κ1) is 64.3. The van der Waals surface area contributed by atoms with Crippen molar-refractivity contribution in [2.45, 2.75) is 174 Å². The summed E-state index contributed by atoms with van der Waals surface area (Å²) in [5.74, 6) is -6.85. The molecule has 0 spiro atoms. The highest BCUT2D eigenvalue weighted by Gasteiger charge is 2.26. The molecule has 0 bridgehead atoms. The summed E-state index contributed by atoms with van der Waals surface area (Å²) >= 11 is 0. The predicted octanol–water partition coefficient (Wildman–Crippen LogP) is 6.41. The number of nitrogens with zero attached hydrogens (tertiary/aromatic N) is 3. The van der Waals surface area contributed by atoms with Gasteiger partial charge >= 0.3 is 43.4 Å². The standard InChI is InChI=1S/C47H87N4O16P/c1-3-5-7-9-11-13-15-17-19-21-23-25-46(61)65-38-40(67-47(62)26-24-22-20-18-16-14-12-10-8-6-4-2)39-66-68(63,64)32-27-48-41(52)33-50(35-43(55)56)30-28-49(34-42(53)54)29-31-51(36-44(57)58)37-45(59)60/h40H,3-39H2,1-2H3,(H,48,52)(H,53,54)(H,55,56)(H,57,58)(H,59,60)(H,63,64)/t40-/m1/s1. The molecule has 1 unspecified atom stereocenters. The summed E-state index contributed by atoms with van der Waals surface area (Å²) in [5.41, 5.74) is 0. The maximum Gasteiger partial charge on any atom is 0.330 e. The van der Waals surface area contributed by atoms with Crippen molar-refractivity contribution in [2.24, 2.45) is 0 Å². The van der Waals surface area contributed by atoms with E-state index in [1.54, 1.807) is 0 Å². The molecule has 68 heavy (non-hydrogen) atoms. The lowest BCUT2D eigenvalue weighted by atomic mass is 10.1.